The Labute approximate surface area is 164 Å². The summed E-state index contributed by atoms with van der Waals surface area (Å²) in [4.78, 5) is 25.7. The predicted octanol–water partition coefficient (Wildman–Crippen LogP) is 2.49. The molecule has 2 amide bonds. The number of aryl methyl sites for hydroxylation is 1. The molecule has 1 aliphatic rings. The lowest BCUT2D eigenvalue weighted by molar-refractivity contribution is -0.0637. The lowest BCUT2D eigenvalue weighted by Crippen LogP contribution is -2.51. The summed E-state index contributed by atoms with van der Waals surface area (Å²) >= 11 is 0. The molecule has 1 fully saturated rings. The molecule has 1 heterocycles. The molecule has 0 bridgehead atoms. The summed E-state index contributed by atoms with van der Waals surface area (Å²) in [6, 6.07) is 2.02. The lowest BCUT2D eigenvalue weighted by Gasteiger charge is -2.35. The highest BCUT2D eigenvalue weighted by atomic mass is 19.1. The van der Waals surface area contributed by atoms with Crippen molar-refractivity contribution in [3.05, 3.63) is 29.1 Å². The normalized spacial score (nSPS) is 18.7. The zero-order chi connectivity index (χ0) is 21.3. The molecule has 1 aliphatic heterocycles. The quantitative estimate of drug-likeness (QED) is 0.460. The van der Waals surface area contributed by atoms with Crippen LogP contribution in [-0.4, -0.2) is 47.5 Å². The van der Waals surface area contributed by atoms with E-state index < -0.39 is 35.2 Å². The first-order valence-corrected chi connectivity index (χ1v) is 8.96. The van der Waals surface area contributed by atoms with Crippen molar-refractivity contribution in [3.8, 4) is 5.75 Å². The molecule has 1 aromatic rings. The van der Waals surface area contributed by atoms with Crippen molar-refractivity contribution in [2.45, 2.75) is 58.9 Å². The van der Waals surface area contributed by atoms with Gasteiger partial charge in [0.15, 0.2) is 11.6 Å². The zero-order valence-corrected chi connectivity index (χ0v) is 17.1. The van der Waals surface area contributed by atoms with Crippen LogP contribution in [0, 0.1) is 12.7 Å². The molecule has 1 unspecified atom stereocenters. The average Bonchev–Trinajstić information content (AvgIpc) is 2.87. The Morgan fingerprint density at radius 2 is 2.04 bits per heavy atom. The summed E-state index contributed by atoms with van der Waals surface area (Å²) in [5.41, 5.74) is 1.05. The van der Waals surface area contributed by atoms with Gasteiger partial charge in [0.25, 0.3) is 5.91 Å². The number of hydrogen-bond acceptors (Lipinski definition) is 6. The number of hydrogen-bond donors (Lipinski definition) is 2. The minimum Gasteiger partial charge on any atom is -0.488 e. The largest absolute Gasteiger partial charge is 0.488 e. The van der Waals surface area contributed by atoms with Gasteiger partial charge < -0.3 is 14.2 Å². The average molecular weight is 397 g/mol. The van der Waals surface area contributed by atoms with Crippen molar-refractivity contribution >= 4 is 12.0 Å². The van der Waals surface area contributed by atoms with Crippen LogP contribution in [0.3, 0.4) is 0 Å². The van der Waals surface area contributed by atoms with Gasteiger partial charge in [0.2, 0.25) is 0 Å². The van der Waals surface area contributed by atoms with Gasteiger partial charge in [-0.25, -0.2) is 15.0 Å². The Bertz CT molecular complexity index is 761. The molecule has 1 atom stereocenters. The SMILES string of the molecule is Cc1cc(OCC2COC(C)(C)N2C(=O)OC(C)(C)C)c(F)cc1C(=O)NN. The molecule has 0 aliphatic carbocycles. The molecule has 0 saturated carbocycles. The number of amides is 2. The third-order valence-corrected chi connectivity index (χ3v) is 4.25. The van der Waals surface area contributed by atoms with E-state index in [0.717, 1.165) is 6.07 Å². The molecule has 0 radical (unpaired) electrons. The number of hydrazine groups is 1. The molecule has 8 nitrogen and oxygen atoms in total. The van der Waals surface area contributed by atoms with Gasteiger partial charge in [-0.05, 0) is 59.2 Å². The minimum atomic E-state index is -0.881. The molecule has 156 valence electrons. The monoisotopic (exact) mass is 397 g/mol. The summed E-state index contributed by atoms with van der Waals surface area (Å²) < 4.78 is 31.1. The maximum atomic E-state index is 14.3. The number of benzene rings is 1. The molecule has 2 rings (SSSR count). The van der Waals surface area contributed by atoms with Gasteiger partial charge >= 0.3 is 6.09 Å². The number of halogens is 1. The molecule has 0 aromatic heterocycles. The van der Waals surface area contributed by atoms with E-state index in [4.69, 9.17) is 20.1 Å². The number of ether oxygens (including phenoxy) is 3. The van der Waals surface area contributed by atoms with Crippen LogP contribution in [0.5, 0.6) is 5.75 Å². The van der Waals surface area contributed by atoms with E-state index >= 15 is 0 Å². The van der Waals surface area contributed by atoms with Gasteiger partial charge in [-0.3, -0.25) is 15.1 Å². The first kappa shape index (κ1) is 21.9. The summed E-state index contributed by atoms with van der Waals surface area (Å²) in [6.07, 6.45) is -0.532. The number of carbonyl (C=O) groups is 2. The fourth-order valence-corrected chi connectivity index (χ4v) is 2.96. The highest BCUT2D eigenvalue weighted by Gasteiger charge is 2.46. The van der Waals surface area contributed by atoms with Gasteiger partial charge in [0.05, 0.1) is 12.6 Å². The van der Waals surface area contributed by atoms with E-state index in [0.29, 0.717) is 5.56 Å². The summed E-state index contributed by atoms with van der Waals surface area (Å²) in [5, 5.41) is 0. The highest BCUT2D eigenvalue weighted by molar-refractivity contribution is 5.95. The topological polar surface area (TPSA) is 103 Å². The van der Waals surface area contributed by atoms with Crippen LogP contribution in [0.1, 0.15) is 50.5 Å². The number of rotatable bonds is 4. The van der Waals surface area contributed by atoms with Gasteiger partial charge in [0, 0.05) is 5.56 Å². The van der Waals surface area contributed by atoms with E-state index in [1.807, 2.05) is 5.43 Å². The van der Waals surface area contributed by atoms with Crippen LogP contribution in [-0.2, 0) is 9.47 Å². The Hall–Kier alpha value is -2.39. The van der Waals surface area contributed by atoms with Crippen molar-refractivity contribution in [2.24, 2.45) is 5.84 Å². The molecule has 28 heavy (non-hydrogen) atoms. The van der Waals surface area contributed by atoms with Gasteiger partial charge in [-0.1, -0.05) is 0 Å². The third-order valence-electron chi connectivity index (χ3n) is 4.25. The van der Waals surface area contributed by atoms with Crippen molar-refractivity contribution in [1.82, 2.24) is 10.3 Å². The van der Waals surface area contributed by atoms with Crippen LogP contribution < -0.4 is 16.0 Å². The maximum absolute atomic E-state index is 14.3. The second kappa shape index (κ2) is 7.92. The van der Waals surface area contributed by atoms with Gasteiger partial charge in [-0.15, -0.1) is 0 Å². The van der Waals surface area contributed by atoms with Crippen molar-refractivity contribution in [3.63, 3.8) is 0 Å². The molecule has 1 saturated heterocycles. The third kappa shape index (κ3) is 4.90. The fourth-order valence-electron chi connectivity index (χ4n) is 2.96. The van der Waals surface area contributed by atoms with Gasteiger partial charge in [0.1, 0.15) is 17.9 Å². The van der Waals surface area contributed by atoms with Crippen LogP contribution in [0.15, 0.2) is 12.1 Å². The predicted molar refractivity (Wildman–Crippen MR) is 100 cm³/mol. The molecular formula is C19H28FN3O5. The molecular weight excluding hydrogens is 369 g/mol. The van der Waals surface area contributed by atoms with E-state index in [-0.39, 0.29) is 24.5 Å². The summed E-state index contributed by atoms with van der Waals surface area (Å²) in [6.45, 7) is 10.7. The molecule has 9 heteroatoms. The molecule has 0 spiro atoms. The van der Waals surface area contributed by atoms with Crippen molar-refractivity contribution in [1.29, 1.82) is 0 Å². The number of nitrogens with one attached hydrogen (secondary N) is 1. The van der Waals surface area contributed by atoms with E-state index in [1.165, 1.54) is 11.0 Å². The maximum Gasteiger partial charge on any atom is 0.413 e. The number of nitrogen functional groups attached to an aromatic ring is 1. The Morgan fingerprint density at radius 1 is 1.39 bits per heavy atom. The highest BCUT2D eigenvalue weighted by Crippen LogP contribution is 2.30. The first-order chi connectivity index (χ1) is 12.9. The lowest BCUT2D eigenvalue weighted by atomic mass is 10.1. The second-order valence-electron chi connectivity index (χ2n) is 8.14. The Kier molecular flexibility index (Phi) is 6.20. The summed E-state index contributed by atoms with van der Waals surface area (Å²) in [5.74, 6) is 3.78. The molecule has 1 aromatic carbocycles. The van der Waals surface area contributed by atoms with Crippen LogP contribution in [0.2, 0.25) is 0 Å². The van der Waals surface area contributed by atoms with Crippen LogP contribution in [0.4, 0.5) is 9.18 Å². The van der Waals surface area contributed by atoms with E-state index in [2.05, 4.69) is 0 Å². The zero-order valence-electron chi connectivity index (χ0n) is 17.1. The van der Waals surface area contributed by atoms with E-state index in [1.54, 1.807) is 41.5 Å². The number of carbonyl (C=O) groups excluding carboxylic acids is 2. The standard InChI is InChI=1S/C19H28FN3O5/c1-11-7-15(14(20)8-13(11)16(24)22-21)26-9-12-10-27-19(5,6)23(12)17(25)28-18(2,3)4/h7-8,12H,9-10,21H2,1-6H3,(H,22,24). The summed E-state index contributed by atoms with van der Waals surface area (Å²) in [7, 11) is 0. The number of nitrogens with two attached hydrogens (primary N) is 1. The smallest absolute Gasteiger partial charge is 0.413 e. The Morgan fingerprint density at radius 3 is 2.61 bits per heavy atom. The van der Waals surface area contributed by atoms with Crippen molar-refractivity contribution < 1.29 is 28.2 Å². The van der Waals surface area contributed by atoms with Crippen molar-refractivity contribution in [2.75, 3.05) is 13.2 Å². The van der Waals surface area contributed by atoms with E-state index in [9.17, 15) is 14.0 Å². The first-order valence-electron chi connectivity index (χ1n) is 8.96. The van der Waals surface area contributed by atoms with Gasteiger partial charge in [-0.2, -0.15) is 0 Å². The second-order valence-corrected chi connectivity index (χ2v) is 8.14. The van der Waals surface area contributed by atoms with Crippen LogP contribution >= 0.6 is 0 Å². The fraction of sp³-hybridized carbons (Fsp3) is 0.579. The Balaban J connectivity index is 2.15. The minimum absolute atomic E-state index is 0.00145. The number of nitrogens with zero attached hydrogens (tertiary/aromatic N) is 1. The van der Waals surface area contributed by atoms with Crippen LogP contribution in [0.25, 0.3) is 0 Å². The molecule has 3 N–H and O–H groups in total.